The summed E-state index contributed by atoms with van der Waals surface area (Å²) in [6.07, 6.45) is -0.788. The third-order valence-corrected chi connectivity index (χ3v) is 2.40. The summed E-state index contributed by atoms with van der Waals surface area (Å²) in [5.41, 5.74) is 0.551. The average Bonchev–Trinajstić information content (AvgIpc) is 2.27. The van der Waals surface area contributed by atoms with Gasteiger partial charge in [-0.2, -0.15) is 0 Å². The molecule has 0 saturated heterocycles. The maximum absolute atomic E-state index is 11.4. The number of rotatable bonds is 6. The number of carbonyl (C=O) groups excluding carboxylic acids is 4. The van der Waals surface area contributed by atoms with Crippen molar-refractivity contribution in [1.82, 2.24) is 0 Å². The van der Waals surface area contributed by atoms with Crippen LogP contribution in [0.3, 0.4) is 0 Å². The van der Waals surface area contributed by atoms with Crippen LogP contribution in [0.25, 0.3) is 0 Å². The summed E-state index contributed by atoms with van der Waals surface area (Å²) in [4.78, 5) is 44.0. The van der Waals surface area contributed by atoms with Crippen molar-refractivity contribution in [3.8, 4) is 0 Å². The molecule has 1 aromatic carbocycles. The lowest BCUT2D eigenvalue weighted by atomic mass is 10.0. The highest BCUT2D eigenvalue weighted by atomic mass is 35.5. The summed E-state index contributed by atoms with van der Waals surface area (Å²) in [5, 5.41) is -1.49. The fraction of sp³-hybridized carbons (Fsp3) is 0.167. The Morgan fingerprint density at radius 1 is 0.722 bits per heavy atom. The Morgan fingerprint density at radius 3 is 1.22 bits per heavy atom. The second kappa shape index (κ2) is 6.42. The molecule has 0 saturated carbocycles. The molecular formula is C12H8Cl2O4. The van der Waals surface area contributed by atoms with Gasteiger partial charge in [0.05, 0.1) is 12.8 Å². The first kappa shape index (κ1) is 14.5. The first-order chi connectivity index (χ1) is 8.40. The Balaban J connectivity index is 2.79. The minimum absolute atomic E-state index is 0.276. The lowest BCUT2D eigenvalue weighted by Gasteiger charge is -2.01. The Morgan fingerprint density at radius 2 is 1.00 bits per heavy atom. The molecule has 0 aliphatic carbocycles. The largest absolute Gasteiger partial charge is 0.294 e. The van der Waals surface area contributed by atoms with E-state index in [1.54, 1.807) is 0 Å². The van der Waals surface area contributed by atoms with Crippen LogP contribution in [0.1, 0.15) is 33.6 Å². The molecule has 94 valence electrons. The van der Waals surface area contributed by atoms with Crippen molar-refractivity contribution in [3.05, 3.63) is 35.4 Å². The van der Waals surface area contributed by atoms with Gasteiger partial charge in [-0.1, -0.05) is 24.3 Å². The average molecular weight is 287 g/mol. The van der Waals surface area contributed by atoms with Crippen LogP contribution in [0.15, 0.2) is 24.3 Å². The molecular weight excluding hydrogens is 279 g/mol. The molecule has 0 aliphatic rings. The maximum Gasteiger partial charge on any atom is 0.229 e. The Labute approximate surface area is 113 Å². The molecule has 18 heavy (non-hydrogen) atoms. The lowest BCUT2D eigenvalue weighted by Crippen LogP contribution is -2.06. The van der Waals surface area contributed by atoms with Crippen molar-refractivity contribution in [2.45, 2.75) is 12.8 Å². The van der Waals surface area contributed by atoms with Gasteiger partial charge in [0.25, 0.3) is 0 Å². The van der Waals surface area contributed by atoms with E-state index in [4.69, 9.17) is 23.2 Å². The van der Waals surface area contributed by atoms with E-state index >= 15 is 0 Å². The van der Waals surface area contributed by atoms with Crippen LogP contribution in [-0.2, 0) is 9.59 Å². The van der Waals surface area contributed by atoms with Crippen molar-refractivity contribution in [1.29, 1.82) is 0 Å². The first-order valence-corrected chi connectivity index (χ1v) is 5.69. The van der Waals surface area contributed by atoms with E-state index < -0.39 is 34.9 Å². The van der Waals surface area contributed by atoms with Crippen molar-refractivity contribution in [2.24, 2.45) is 0 Å². The molecule has 0 unspecified atom stereocenters. The molecule has 1 rings (SSSR count). The number of hydrogen-bond donors (Lipinski definition) is 0. The molecule has 0 fully saturated rings. The molecule has 0 amide bonds. The van der Waals surface area contributed by atoms with E-state index in [1.165, 1.54) is 24.3 Å². The summed E-state index contributed by atoms with van der Waals surface area (Å²) in [6, 6.07) is 5.59. The molecule has 0 spiro atoms. The number of Topliss-reactive ketones (excluding diaryl/α,β-unsaturated/α-hetero) is 2. The van der Waals surface area contributed by atoms with Crippen molar-refractivity contribution < 1.29 is 19.2 Å². The van der Waals surface area contributed by atoms with Gasteiger partial charge < -0.3 is 0 Å². The molecule has 0 aliphatic heterocycles. The molecule has 0 aromatic heterocycles. The number of carbonyl (C=O) groups is 4. The quantitative estimate of drug-likeness (QED) is 0.457. The highest BCUT2D eigenvalue weighted by Crippen LogP contribution is 2.10. The van der Waals surface area contributed by atoms with Crippen LogP contribution in [0.4, 0.5) is 0 Å². The molecule has 1 aromatic rings. The van der Waals surface area contributed by atoms with Gasteiger partial charge in [-0.25, -0.2) is 0 Å². The molecule has 0 atom stereocenters. The highest BCUT2D eigenvalue weighted by Gasteiger charge is 2.13. The predicted molar refractivity (Wildman–Crippen MR) is 66.1 cm³/mol. The summed E-state index contributed by atoms with van der Waals surface area (Å²) < 4.78 is 0. The van der Waals surface area contributed by atoms with Gasteiger partial charge in [0.2, 0.25) is 10.5 Å². The zero-order valence-corrected chi connectivity index (χ0v) is 10.6. The fourth-order valence-corrected chi connectivity index (χ4v) is 1.54. The van der Waals surface area contributed by atoms with Gasteiger partial charge in [-0.15, -0.1) is 0 Å². The summed E-state index contributed by atoms with van der Waals surface area (Å²) in [7, 11) is 0. The van der Waals surface area contributed by atoms with Crippen molar-refractivity contribution in [2.75, 3.05) is 0 Å². The second-order valence-corrected chi connectivity index (χ2v) is 4.33. The van der Waals surface area contributed by atoms with Crippen LogP contribution in [0.2, 0.25) is 0 Å². The number of ketones is 2. The first-order valence-electron chi connectivity index (χ1n) is 4.93. The van der Waals surface area contributed by atoms with Gasteiger partial charge in [0.15, 0.2) is 11.6 Å². The van der Waals surface area contributed by atoms with E-state index in [-0.39, 0.29) is 11.1 Å². The minimum atomic E-state index is -0.743. The van der Waals surface area contributed by atoms with Crippen LogP contribution >= 0.6 is 23.2 Å². The summed E-state index contributed by atoms with van der Waals surface area (Å²) >= 11 is 10.2. The van der Waals surface area contributed by atoms with E-state index in [0.717, 1.165) is 0 Å². The highest BCUT2D eigenvalue weighted by molar-refractivity contribution is 6.65. The molecule has 6 heteroatoms. The van der Waals surface area contributed by atoms with Gasteiger partial charge in [-0.3, -0.25) is 19.2 Å². The van der Waals surface area contributed by atoms with Gasteiger partial charge >= 0.3 is 0 Å². The second-order valence-electron chi connectivity index (χ2n) is 3.49. The Bertz CT molecular complexity index is 458. The van der Waals surface area contributed by atoms with Gasteiger partial charge in [0.1, 0.15) is 0 Å². The third kappa shape index (κ3) is 4.39. The Kier molecular flexibility index (Phi) is 5.19. The molecule has 0 bridgehead atoms. The smallest absolute Gasteiger partial charge is 0.229 e. The Hall–Kier alpha value is -1.52. The predicted octanol–water partition coefficient (Wildman–Crippen LogP) is 2.36. The van der Waals surface area contributed by atoms with Crippen LogP contribution in [0, 0.1) is 0 Å². The SMILES string of the molecule is O=C(Cl)CC(=O)c1ccc(C(=O)CC(=O)Cl)cc1. The lowest BCUT2D eigenvalue weighted by molar-refractivity contribution is -0.111. The molecule has 0 N–H and O–H groups in total. The minimum Gasteiger partial charge on any atom is -0.294 e. The zero-order chi connectivity index (χ0) is 13.7. The van der Waals surface area contributed by atoms with Crippen molar-refractivity contribution >= 4 is 45.3 Å². The van der Waals surface area contributed by atoms with Gasteiger partial charge in [0, 0.05) is 11.1 Å². The summed E-state index contributed by atoms with van der Waals surface area (Å²) in [5.74, 6) is -0.857. The third-order valence-electron chi connectivity index (χ3n) is 2.13. The molecule has 0 radical (unpaired) electrons. The van der Waals surface area contributed by atoms with Crippen LogP contribution in [0.5, 0.6) is 0 Å². The van der Waals surface area contributed by atoms with E-state index in [9.17, 15) is 19.2 Å². The normalized spacial score (nSPS) is 9.89. The summed E-state index contributed by atoms with van der Waals surface area (Å²) in [6.45, 7) is 0. The van der Waals surface area contributed by atoms with E-state index in [1.807, 2.05) is 0 Å². The number of halogens is 2. The van der Waals surface area contributed by atoms with Crippen LogP contribution in [-0.4, -0.2) is 22.1 Å². The van der Waals surface area contributed by atoms with E-state index in [2.05, 4.69) is 0 Å². The van der Waals surface area contributed by atoms with Crippen molar-refractivity contribution in [3.63, 3.8) is 0 Å². The number of hydrogen-bond acceptors (Lipinski definition) is 4. The maximum atomic E-state index is 11.4. The molecule has 0 heterocycles. The molecule has 4 nitrogen and oxygen atoms in total. The van der Waals surface area contributed by atoms with Crippen LogP contribution < -0.4 is 0 Å². The topological polar surface area (TPSA) is 68.3 Å². The standard InChI is InChI=1S/C12H8Cl2O4/c13-11(17)5-9(15)7-1-2-8(4-3-7)10(16)6-12(14)18/h1-4H,5-6H2. The van der Waals surface area contributed by atoms with E-state index in [0.29, 0.717) is 0 Å². The number of benzene rings is 1. The zero-order valence-electron chi connectivity index (χ0n) is 9.11. The van der Waals surface area contributed by atoms with Gasteiger partial charge in [-0.05, 0) is 23.2 Å². The monoisotopic (exact) mass is 286 g/mol. The fourth-order valence-electron chi connectivity index (χ4n) is 1.30.